The first-order valence-electron chi connectivity index (χ1n) is 11.9. The largest absolute Gasteiger partial charge is 0.487 e. The maximum atomic E-state index is 15.1. The van der Waals surface area contributed by atoms with Crippen LogP contribution in [0.3, 0.4) is 0 Å². The molecule has 0 radical (unpaired) electrons. The molecule has 0 bridgehead atoms. The van der Waals surface area contributed by atoms with Crippen molar-refractivity contribution in [1.29, 1.82) is 0 Å². The molecule has 0 spiro atoms. The fraction of sp³-hybridized carbons (Fsp3) is 0.500. The number of hydrogen-bond donors (Lipinski definition) is 3. The average Bonchev–Trinajstić information content (AvgIpc) is 2.86. The minimum atomic E-state index is -4.62. The minimum absolute atomic E-state index is 0.00750. The predicted molar refractivity (Wildman–Crippen MR) is 125 cm³/mol. The third-order valence-corrected chi connectivity index (χ3v) is 6.63. The molecule has 2 aromatic carbocycles. The Labute approximate surface area is 207 Å². The van der Waals surface area contributed by atoms with E-state index in [2.05, 4.69) is 12.2 Å². The maximum Gasteiger partial charge on any atom is 0.416 e. The molecule has 1 fully saturated rings. The van der Waals surface area contributed by atoms with Gasteiger partial charge in [-0.05, 0) is 61.4 Å². The first-order valence-corrected chi connectivity index (χ1v) is 11.9. The Morgan fingerprint density at radius 3 is 2.50 bits per heavy atom. The van der Waals surface area contributed by atoms with E-state index in [0.717, 1.165) is 37.5 Å². The van der Waals surface area contributed by atoms with E-state index in [1.165, 1.54) is 18.2 Å². The van der Waals surface area contributed by atoms with Gasteiger partial charge in [0.1, 0.15) is 13.4 Å². The standard InChI is InChI=1S/C26H31F4NO5/c1-2-17-6-8-25(9-7-17,15-35-16-33)31-24(34)19-13-21(23(22(27)14-19)36-11-10-32)18-4-3-5-20(12-18)26(28,29)30/h3-5,12-14,17,32-33H,2,6-11,15-16H2,1H3,(H,31,34). The number of amides is 1. The SMILES string of the molecule is CCC1CCC(COCO)(NC(=O)c2cc(F)c(OCCO)c(-c3cccc(C(F)(F)F)c3)c2)CC1. The van der Waals surface area contributed by atoms with Crippen molar-refractivity contribution in [3.8, 4) is 16.9 Å². The van der Waals surface area contributed by atoms with E-state index in [-0.39, 0.29) is 35.7 Å². The van der Waals surface area contributed by atoms with E-state index < -0.39 is 42.4 Å². The van der Waals surface area contributed by atoms with Crippen molar-refractivity contribution in [2.75, 3.05) is 26.6 Å². The monoisotopic (exact) mass is 513 g/mol. The number of carbonyl (C=O) groups is 1. The van der Waals surface area contributed by atoms with Crippen molar-refractivity contribution in [2.45, 2.75) is 50.7 Å². The van der Waals surface area contributed by atoms with E-state index in [0.29, 0.717) is 18.8 Å². The number of rotatable bonds is 10. The molecule has 2 aromatic rings. The summed E-state index contributed by atoms with van der Waals surface area (Å²) in [6.07, 6.45) is -0.694. The van der Waals surface area contributed by atoms with E-state index in [1.807, 2.05) is 0 Å². The third kappa shape index (κ3) is 6.74. The summed E-state index contributed by atoms with van der Waals surface area (Å²) in [5, 5.41) is 21.2. The lowest BCUT2D eigenvalue weighted by atomic mass is 9.76. The van der Waals surface area contributed by atoms with Crippen LogP contribution in [0.1, 0.15) is 54.9 Å². The van der Waals surface area contributed by atoms with Crippen molar-refractivity contribution in [3.05, 3.63) is 53.3 Å². The lowest BCUT2D eigenvalue weighted by Gasteiger charge is -2.40. The number of hydrogen-bond acceptors (Lipinski definition) is 5. The third-order valence-electron chi connectivity index (χ3n) is 6.63. The zero-order chi connectivity index (χ0) is 26.3. The molecule has 0 aromatic heterocycles. The van der Waals surface area contributed by atoms with Crippen LogP contribution in [0.5, 0.6) is 5.75 Å². The van der Waals surface area contributed by atoms with Crippen LogP contribution in [-0.4, -0.2) is 48.3 Å². The summed E-state index contributed by atoms with van der Waals surface area (Å²) in [6.45, 7) is 0.940. The maximum absolute atomic E-state index is 15.1. The molecule has 1 saturated carbocycles. The van der Waals surface area contributed by atoms with Crippen LogP contribution in [0, 0.1) is 11.7 Å². The molecule has 10 heteroatoms. The normalized spacial score (nSPS) is 20.2. The van der Waals surface area contributed by atoms with Crippen LogP contribution in [0.15, 0.2) is 36.4 Å². The van der Waals surface area contributed by atoms with Gasteiger partial charge in [0.05, 0.1) is 24.3 Å². The first-order chi connectivity index (χ1) is 17.1. The predicted octanol–water partition coefficient (Wildman–Crippen LogP) is 4.92. The van der Waals surface area contributed by atoms with Crippen LogP contribution in [0.25, 0.3) is 11.1 Å². The van der Waals surface area contributed by atoms with Crippen LogP contribution < -0.4 is 10.1 Å². The van der Waals surface area contributed by atoms with Crippen LogP contribution >= 0.6 is 0 Å². The number of nitrogens with one attached hydrogen (secondary N) is 1. The molecule has 3 N–H and O–H groups in total. The van der Waals surface area contributed by atoms with Gasteiger partial charge in [0.25, 0.3) is 5.91 Å². The van der Waals surface area contributed by atoms with Gasteiger partial charge in [-0.25, -0.2) is 4.39 Å². The number of aliphatic hydroxyl groups is 2. The van der Waals surface area contributed by atoms with Gasteiger partial charge in [-0.1, -0.05) is 25.5 Å². The second-order valence-electron chi connectivity index (χ2n) is 9.05. The number of aliphatic hydroxyl groups excluding tert-OH is 2. The van der Waals surface area contributed by atoms with Gasteiger partial charge in [-0.2, -0.15) is 13.2 Å². The number of alkyl halides is 3. The molecule has 1 aliphatic rings. The molecule has 0 unspecified atom stereocenters. The topological polar surface area (TPSA) is 88.0 Å². The van der Waals surface area contributed by atoms with Gasteiger partial charge >= 0.3 is 6.18 Å². The summed E-state index contributed by atoms with van der Waals surface area (Å²) < 4.78 is 65.5. The molecule has 0 atom stereocenters. The quantitative estimate of drug-likeness (QED) is 0.310. The number of carbonyl (C=O) groups excluding carboxylic acids is 1. The van der Waals surface area contributed by atoms with Crippen molar-refractivity contribution in [3.63, 3.8) is 0 Å². The number of halogens is 4. The van der Waals surface area contributed by atoms with Crippen molar-refractivity contribution >= 4 is 5.91 Å². The van der Waals surface area contributed by atoms with E-state index in [4.69, 9.17) is 19.7 Å². The summed E-state index contributed by atoms with van der Waals surface area (Å²) in [6, 6.07) is 6.52. The van der Waals surface area contributed by atoms with Gasteiger partial charge in [0.2, 0.25) is 0 Å². The Kier molecular flexibility index (Phi) is 9.32. The van der Waals surface area contributed by atoms with Crippen molar-refractivity contribution in [1.82, 2.24) is 5.32 Å². The van der Waals surface area contributed by atoms with Crippen molar-refractivity contribution in [2.24, 2.45) is 5.92 Å². The van der Waals surface area contributed by atoms with E-state index in [9.17, 15) is 18.0 Å². The summed E-state index contributed by atoms with van der Waals surface area (Å²) in [5.41, 5.74) is -1.83. The van der Waals surface area contributed by atoms with Crippen LogP contribution in [0.4, 0.5) is 17.6 Å². The molecular formula is C26H31F4NO5. The molecule has 0 heterocycles. The Hall–Kier alpha value is -2.69. The van der Waals surface area contributed by atoms with Gasteiger partial charge in [0.15, 0.2) is 11.6 Å². The molecule has 198 valence electrons. The highest BCUT2D eigenvalue weighted by Gasteiger charge is 2.37. The minimum Gasteiger partial charge on any atom is -0.487 e. The Morgan fingerprint density at radius 1 is 1.17 bits per heavy atom. The Balaban J connectivity index is 1.98. The van der Waals surface area contributed by atoms with Crippen LogP contribution in [0.2, 0.25) is 0 Å². The molecule has 1 amide bonds. The highest BCUT2D eigenvalue weighted by atomic mass is 19.4. The second-order valence-corrected chi connectivity index (χ2v) is 9.05. The molecule has 6 nitrogen and oxygen atoms in total. The molecule has 0 saturated heterocycles. The lowest BCUT2D eigenvalue weighted by Crippen LogP contribution is -2.54. The Bertz CT molecular complexity index is 1040. The summed E-state index contributed by atoms with van der Waals surface area (Å²) >= 11 is 0. The fourth-order valence-corrected chi connectivity index (χ4v) is 4.59. The molecule has 36 heavy (non-hydrogen) atoms. The molecular weight excluding hydrogens is 482 g/mol. The number of benzene rings is 2. The molecule has 3 rings (SSSR count). The smallest absolute Gasteiger partial charge is 0.416 e. The lowest BCUT2D eigenvalue weighted by molar-refractivity contribution is -0.137. The number of ether oxygens (including phenoxy) is 2. The summed E-state index contributed by atoms with van der Waals surface area (Å²) in [5.74, 6) is -1.41. The molecule has 0 aliphatic heterocycles. The molecule has 1 aliphatic carbocycles. The zero-order valence-electron chi connectivity index (χ0n) is 20.0. The Morgan fingerprint density at radius 2 is 1.89 bits per heavy atom. The summed E-state index contributed by atoms with van der Waals surface area (Å²) in [4.78, 5) is 13.3. The fourth-order valence-electron chi connectivity index (χ4n) is 4.59. The zero-order valence-corrected chi connectivity index (χ0v) is 20.0. The van der Waals surface area contributed by atoms with Crippen molar-refractivity contribution < 1.29 is 42.0 Å². The van der Waals surface area contributed by atoms with Gasteiger partial charge < -0.3 is 25.0 Å². The second kappa shape index (κ2) is 12.0. The van der Waals surface area contributed by atoms with Crippen LogP contribution in [-0.2, 0) is 10.9 Å². The first kappa shape index (κ1) is 27.9. The summed E-state index contributed by atoms with van der Waals surface area (Å²) in [7, 11) is 0. The highest BCUT2D eigenvalue weighted by Crippen LogP contribution is 2.38. The van der Waals surface area contributed by atoms with Gasteiger partial charge in [-0.15, -0.1) is 0 Å². The van der Waals surface area contributed by atoms with E-state index >= 15 is 4.39 Å². The highest BCUT2D eigenvalue weighted by molar-refractivity contribution is 5.96. The van der Waals surface area contributed by atoms with E-state index in [1.54, 1.807) is 0 Å². The van der Waals surface area contributed by atoms with Gasteiger partial charge in [0, 0.05) is 11.1 Å². The average molecular weight is 514 g/mol. The van der Waals surface area contributed by atoms with Gasteiger partial charge in [-0.3, -0.25) is 4.79 Å².